The van der Waals surface area contributed by atoms with Crippen LogP contribution in [0.4, 0.5) is 5.69 Å². The maximum absolute atomic E-state index is 13.6. The first-order chi connectivity index (χ1) is 24.5. The maximum atomic E-state index is 13.6. The number of carbonyl (C=O) groups excluding carboxylic acids is 1. The van der Waals surface area contributed by atoms with Gasteiger partial charge in [-0.25, -0.2) is 13.1 Å². The minimum absolute atomic E-state index is 0.131. The quantitative estimate of drug-likeness (QED) is 0.352. The van der Waals surface area contributed by atoms with E-state index in [0.717, 1.165) is 94.0 Å². The predicted molar refractivity (Wildman–Crippen MR) is 199 cm³/mol. The van der Waals surface area contributed by atoms with Gasteiger partial charge in [0.1, 0.15) is 5.75 Å². The Kier molecular flexibility index (Phi) is 10.1. The van der Waals surface area contributed by atoms with Crippen molar-refractivity contribution in [3.05, 3.63) is 58.1 Å². The van der Waals surface area contributed by atoms with Crippen molar-refractivity contribution in [1.82, 2.24) is 9.62 Å². The number of benzene rings is 2. The average Bonchev–Trinajstić information content (AvgIpc) is 3.24. The van der Waals surface area contributed by atoms with Gasteiger partial charge in [0.2, 0.25) is 10.0 Å². The molecule has 0 radical (unpaired) electrons. The summed E-state index contributed by atoms with van der Waals surface area (Å²) in [6, 6.07) is 11.9. The molecule has 4 aliphatic heterocycles. The monoisotopic (exact) mass is 759 g/mol. The molecule has 2 aromatic carbocycles. The zero-order valence-electron chi connectivity index (χ0n) is 29.7. The molecule has 12 heteroatoms. The molecule has 9 nitrogen and oxygen atoms in total. The van der Waals surface area contributed by atoms with Crippen molar-refractivity contribution in [2.75, 3.05) is 50.9 Å². The number of halogens is 2. The molecule has 3 fully saturated rings. The van der Waals surface area contributed by atoms with Crippen LogP contribution >= 0.6 is 23.2 Å². The highest BCUT2D eigenvalue weighted by Crippen LogP contribution is 2.49. The van der Waals surface area contributed by atoms with Crippen LogP contribution in [0.5, 0.6) is 5.75 Å². The summed E-state index contributed by atoms with van der Waals surface area (Å²) in [6.45, 7) is 8.76. The van der Waals surface area contributed by atoms with Crippen molar-refractivity contribution < 1.29 is 27.4 Å². The van der Waals surface area contributed by atoms with Crippen LogP contribution in [0.3, 0.4) is 0 Å². The second-order valence-corrected chi connectivity index (χ2v) is 19.4. The van der Waals surface area contributed by atoms with Gasteiger partial charge in [0.15, 0.2) is 6.29 Å². The van der Waals surface area contributed by atoms with Crippen LogP contribution in [-0.4, -0.2) is 88.2 Å². The van der Waals surface area contributed by atoms with Crippen LogP contribution < -0.4 is 14.4 Å². The van der Waals surface area contributed by atoms with Crippen LogP contribution in [0.15, 0.2) is 36.4 Å². The van der Waals surface area contributed by atoms with Gasteiger partial charge in [0.25, 0.3) is 5.91 Å². The number of hydrogen-bond donors (Lipinski definition) is 1. The number of amides is 1. The second-order valence-electron chi connectivity index (χ2n) is 16.3. The lowest BCUT2D eigenvalue weighted by Gasteiger charge is -2.50. The number of carbonyl (C=O) groups is 1. The third-order valence-corrected chi connectivity index (χ3v) is 15.6. The summed E-state index contributed by atoms with van der Waals surface area (Å²) in [5.74, 6) is 0.998. The molecule has 278 valence electrons. The SMILES string of the molecule is C[C@@H]1[C@@H](C)CCC[C@@H]([C@H]2OC[C@H](N3CC(Cl)C3)CO2)[C@@H]2CC[C@H]2CN2C[C@@]3(CCCc4cc(Cl)ccc43)COc3ccc(cc32)C(=O)NS1(=O)=O. The Labute approximate surface area is 312 Å². The molecule has 4 heterocycles. The standard InChI is InChI=1S/C39H51Cl2N3O6S/c1-24-5-3-7-33(38-48-20-31(21-49-38)43-18-30(41)19-43)32-11-8-28(32)17-44-22-39(14-4-6-26-15-29(40)10-12-34(26)39)23-50-36-13-9-27(16-35(36)44)37(45)42-51(46,47)25(24)2/h9-10,12-13,15-16,24-25,28,30-33,38H,3-8,11,14,17-23H2,1-2H3,(H,42,45)/t24-,25+,28-,31-,32+,33+,38-,39-/m0/s1. The van der Waals surface area contributed by atoms with E-state index < -0.39 is 21.2 Å². The van der Waals surface area contributed by atoms with Gasteiger partial charge < -0.3 is 19.1 Å². The minimum atomic E-state index is -3.91. The minimum Gasteiger partial charge on any atom is -0.490 e. The summed E-state index contributed by atoms with van der Waals surface area (Å²) in [7, 11) is -3.91. The van der Waals surface area contributed by atoms with Crippen LogP contribution in [0, 0.1) is 23.7 Å². The molecule has 2 saturated heterocycles. The smallest absolute Gasteiger partial charge is 0.264 e. The molecular weight excluding hydrogens is 709 g/mol. The molecule has 1 amide bonds. The third kappa shape index (κ3) is 7.03. The summed E-state index contributed by atoms with van der Waals surface area (Å²) < 4.78 is 49.3. The highest BCUT2D eigenvalue weighted by Gasteiger charge is 2.47. The molecule has 51 heavy (non-hydrogen) atoms. The lowest BCUT2D eigenvalue weighted by atomic mass is 9.64. The number of sulfonamides is 1. The number of fused-ring (bicyclic) bond motifs is 4. The molecular formula is C39H51Cl2N3O6S. The summed E-state index contributed by atoms with van der Waals surface area (Å²) in [4.78, 5) is 18.4. The van der Waals surface area contributed by atoms with Gasteiger partial charge in [-0.3, -0.25) is 9.69 Å². The zero-order valence-corrected chi connectivity index (χ0v) is 32.0. The highest BCUT2D eigenvalue weighted by atomic mass is 35.5. The summed E-state index contributed by atoms with van der Waals surface area (Å²) in [6.07, 6.45) is 7.43. The van der Waals surface area contributed by atoms with Crippen molar-refractivity contribution in [3.63, 3.8) is 0 Å². The summed E-state index contributed by atoms with van der Waals surface area (Å²) in [5, 5.41) is 0.227. The summed E-state index contributed by atoms with van der Waals surface area (Å²) in [5.41, 5.74) is 3.47. The van der Waals surface area contributed by atoms with Gasteiger partial charge in [0.05, 0.1) is 42.2 Å². The third-order valence-electron chi connectivity index (χ3n) is 13.1. The van der Waals surface area contributed by atoms with Crippen LogP contribution in [0.2, 0.25) is 5.02 Å². The predicted octanol–water partition coefficient (Wildman–Crippen LogP) is 6.39. The number of alkyl halides is 1. The first-order valence-electron chi connectivity index (χ1n) is 19.0. The summed E-state index contributed by atoms with van der Waals surface area (Å²) >= 11 is 12.8. The molecule has 1 N–H and O–H groups in total. The molecule has 2 bridgehead atoms. The molecule has 1 spiro atoms. The van der Waals surface area contributed by atoms with Gasteiger partial charge in [0, 0.05) is 48.1 Å². The second kappa shape index (κ2) is 14.3. The first kappa shape index (κ1) is 35.9. The lowest BCUT2D eigenvalue weighted by Crippen LogP contribution is -2.59. The number of nitrogens with one attached hydrogen (secondary N) is 1. The van der Waals surface area contributed by atoms with E-state index in [1.165, 1.54) is 11.1 Å². The number of ether oxygens (including phenoxy) is 3. The van der Waals surface area contributed by atoms with Gasteiger partial charge in [-0.05, 0) is 111 Å². The van der Waals surface area contributed by atoms with E-state index in [0.29, 0.717) is 37.2 Å². The fourth-order valence-electron chi connectivity index (χ4n) is 9.69. The highest BCUT2D eigenvalue weighted by molar-refractivity contribution is 7.90. The van der Waals surface area contributed by atoms with Crippen LogP contribution in [-0.2, 0) is 31.3 Å². The number of nitrogens with zero attached hydrogens (tertiary/aromatic N) is 2. The van der Waals surface area contributed by atoms with E-state index in [-0.39, 0.29) is 35.0 Å². The van der Waals surface area contributed by atoms with Crippen LogP contribution in [0.25, 0.3) is 0 Å². The van der Waals surface area contributed by atoms with Crippen LogP contribution in [0.1, 0.15) is 80.3 Å². The van der Waals surface area contributed by atoms with E-state index in [9.17, 15) is 13.2 Å². The van der Waals surface area contributed by atoms with Crippen molar-refractivity contribution in [2.24, 2.45) is 23.7 Å². The number of rotatable bonds is 2. The fraction of sp³-hybridized carbons (Fsp3) is 0.667. The Balaban J connectivity index is 1.13. The van der Waals surface area contributed by atoms with E-state index in [4.69, 9.17) is 37.4 Å². The Morgan fingerprint density at radius 1 is 0.941 bits per heavy atom. The molecule has 6 atom stereocenters. The Morgan fingerprint density at radius 2 is 1.75 bits per heavy atom. The van der Waals surface area contributed by atoms with Crippen molar-refractivity contribution in [3.8, 4) is 5.75 Å². The molecule has 0 aromatic heterocycles. The molecule has 0 unspecified atom stereocenters. The van der Waals surface area contributed by atoms with Crippen molar-refractivity contribution >= 4 is 44.8 Å². The number of likely N-dealkylation sites (tertiary alicyclic amines) is 1. The molecule has 2 aliphatic carbocycles. The van der Waals surface area contributed by atoms with Gasteiger partial charge >= 0.3 is 0 Å². The van der Waals surface area contributed by atoms with Crippen molar-refractivity contribution in [2.45, 2.75) is 93.6 Å². The number of hydrogen-bond acceptors (Lipinski definition) is 8. The molecule has 2 aromatic rings. The number of anilines is 1. The Bertz CT molecular complexity index is 1730. The van der Waals surface area contributed by atoms with E-state index >= 15 is 0 Å². The fourth-order valence-corrected chi connectivity index (χ4v) is 11.6. The lowest BCUT2D eigenvalue weighted by molar-refractivity contribution is -0.246. The van der Waals surface area contributed by atoms with Gasteiger partial charge in [-0.1, -0.05) is 31.0 Å². The van der Waals surface area contributed by atoms with E-state index in [1.54, 1.807) is 13.0 Å². The molecule has 8 rings (SSSR count). The van der Waals surface area contributed by atoms with Crippen molar-refractivity contribution in [1.29, 1.82) is 0 Å². The average molecular weight is 761 g/mol. The largest absolute Gasteiger partial charge is 0.490 e. The molecule has 6 aliphatic rings. The Hall–Kier alpha value is -2.08. The van der Waals surface area contributed by atoms with E-state index in [2.05, 4.69) is 26.7 Å². The molecule has 1 saturated carbocycles. The topological polar surface area (TPSA) is 97.4 Å². The normalized spacial score (nSPS) is 36.0. The zero-order chi connectivity index (χ0) is 35.5. The first-order valence-corrected chi connectivity index (χ1v) is 21.3. The number of aryl methyl sites for hydroxylation is 1. The van der Waals surface area contributed by atoms with Gasteiger partial charge in [-0.2, -0.15) is 0 Å². The Morgan fingerprint density at radius 3 is 2.49 bits per heavy atom. The maximum Gasteiger partial charge on any atom is 0.264 e. The van der Waals surface area contributed by atoms with E-state index in [1.807, 2.05) is 25.1 Å². The van der Waals surface area contributed by atoms with Gasteiger partial charge in [-0.15, -0.1) is 11.6 Å².